The van der Waals surface area contributed by atoms with Gasteiger partial charge in [-0.1, -0.05) is 24.3 Å². The van der Waals surface area contributed by atoms with Crippen molar-refractivity contribution in [2.45, 2.75) is 38.0 Å². The molecule has 37 heavy (non-hydrogen) atoms. The van der Waals surface area contributed by atoms with Crippen LogP contribution in [-0.4, -0.2) is 55.5 Å². The van der Waals surface area contributed by atoms with Gasteiger partial charge in [0.1, 0.15) is 5.75 Å². The molecule has 2 aromatic heterocycles. The number of aliphatic hydroxyl groups is 1. The van der Waals surface area contributed by atoms with E-state index in [2.05, 4.69) is 10.3 Å². The summed E-state index contributed by atoms with van der Waals surface area (Å²) in [6.45, 7) is 1.57. The topological polar surface area (TPSA) is 99.3 Å². The van der Waals surface area contributed by atoms with Gasteiger partial charge < -0.3 is 25.0 Å². The van der Waals surface area contributed by atoms with E-state index in [1.165, 1.54) is 12.1 Å². The lowest BCUT2D eigenvalue weighted by Gasteiger charge is -2.23. The maximum atomic E-state index is 13.0. The van der Waals surface area contributed by atoms with E-state index < -0.39 is 11.7 Å². The van der Waals surface area contributed by atoms with E-state index in [1.54, 1.807) is 23.0 Å². The molecule has 194 valence electrons. The average Bonchev–Trinajstić information content (AvgIpc) is 3.52. The predicted molar refractivity (Wildman–Crippen MR) is 134 cm³/mol. The van der Waals surface area contributed by atoms with E-state index in [0.717, 1.165) is 37.1 Å². The minimum atomic E-state index is -4.39. The van der Waals surface area contributed by atoms with E-state index in [4.69, 9.17) is 9.97 Å². The van der Waals surface area contributed by atoms with Crippen LogP contribution in [0.15, 0.2) is 54.9 Å². The molecule has 4 aromatic rings. The fraction of sp³-hybridized carbons (Fsp3) is 0.346. The first kappa shape index (κ1) is 24.8. The zero-order valence-corrected chi connectivity index (χ0v) is 20.0. The minimum absolute atomic E-state index is 0.00414. The summed E-state index contributed by atoms with van der Waals surface area (Å²) in [7, 11) is 0. The van der Waals surface area contributed by atoms with Crippen molar-refractivity contribution in [1.29, 1.82) is 0 Å². The number of aromatic hydroxyl groups is 1. The van der Waals surface area contributed by atoms with E-state index in [-0.39, 0.29) is 18.4 Å². The van der Waals surface area contributed by atoms with Gasteiger partial charge in [0.2, 0.25) is 5.95 Å². The minimum Gasteiger partial charge on any atom is -0.508 e. The van der Waals surface area contributed by atoms with Crippen LogP contribution in [0.5, 0.6) is 5.75 Å². The van der Waals surface area contributed by atoms with Crippen LogP contribution in [-0.2, 0) is 19.1 Å². The zero-order valence-electron chi connectivity index (χ0n) is 20.0. The number of nitrogens with one attached hydrogen (secondary N) is 1. The molecular formula is C26H27F3N6O2. The number of fused-ring (bicyclic) bond motifs is 1. The second-order valence-electron chi connectivity index (χ2n) is 9.13. The number of aliphatic hydroxyl groups excluding tert-OH is 1. The van der Waals surface area contributed by atoms with Crippen LogP contribution in [0.2, 0.25) is 0 Å². The number of halogens is 3. The first-order valence-corrected chi connectivity index (χ1v) is 12.1. The molecule has 2 aromatic carbocycles. The van der Waals surface area contributed by atoms with Crippen molar-refractivity contribution in [3.8, 4) is 5.75 Å². The van der Waals surface area contributed by atoms with Crippen molar-refractivity contribution in [1.82, 2.24) is 19.5 Å². The summed E-state index contributed by atoms with van der Waals surface area (Å²) in [5, 5.41) is 22.7. The number of nitrogens with zero attached hydrogens (tertiary/aromatic N) is 5. The number of hydrogen-bond acceptors (Lipinski definition) is 7. The Balaban J connectivity index is 1.44. The van der Waals surface area contributed by atoms with Crippen LogP contribution in [0.1, 0.15) is 29.5 Å². The van der Waals surface area contributed by atoms with Crippen molar-refractivity contribution in [3.63, 3.8) is 0 Å². The van der Waals surface area contributed by atoms with E-state index in [1.807, 2.05) is 17.0 Å². The van der Waals surface area contributed by atoms with Crippen molar-refractivity contribution in [2.75, 3.05) is 29.9 Å². The standard InChI is InChI=1S/C26H27F3N6O2/c27-26(28,29)19-7-3-18(4-8-19)14-34-16-31-22-23(30-12-11-17-5-9-21(37)10-6-17)32-25(33-24(22)34)35-13-1-2-20(35)15-36/h3-10,16,20,36-37H,1-2,11-15H2,(H,30,32,33). The number of benzene rings is 2. The summed E-state index contributed by atoms with van der Waals surface area (Å²) >= 11 is 0. The van der Waals surface area contributed by atoms with Gasteiger partial charge in [-0.3, -0.25) is 0 Å². The maximum absolute atomic E-state index is 13.0. The molecular weight excluding hydrogens is 485 g/mol. The van der Waals surface area contributed by atoms with Gasteiger partial charge in [0.25, 0.3) is 0 Å². The Kier molecular flexibility index (Phi) is 6.88. The largest absolute Gasteiger partial charge is 0.508 e. The van der Waals surface area contributed by atoms with Gasteiger partial charge in [0.05, 0.1) is 31.1 Å². The van der Waals surface area contributed by atoms with Crippen LogP contribution < -0.4 is 10.2 Å². The van der Waals surface area contributed by atoms with Crippen LogP contribution >= 0.6 is 0 Å². The van der Waals surface area contributed by atoms with Gasteiger partial charge in [0.15, 0.2) is 17.0 Å². The Bertz CT molecular complexity index is 1360. The fourth-order valence-electron chi connectivity index (χ4n) is 4.57. The van der Waals surface area contributed by atoms with Gasteiger partial charge in [-0.2, -0.15) is 23.1 Å². The highest BCUT2D eigenvalue weighted by Crippen LogP contribution is 2.30. The monoisotopic (exact) mass is 512 g/mol. The van der Waals surface area contributed by atoms with Crippen molar-refractivity contribution >= 4 is 22.9 Å². The number of phenolic OH excluding ortho intramolecular Hbond substituents is 1. The lowest BCUT2D eigenvalue weighted by Crippen LogP contribution is -2.33. The normalized spacial score (nSPS) is 16.0. The van der Waals surface area contributed by atoms with Crippen LogP contribution in [0.3, 0.4) is 0 Å². The van der Waals surface area contributed by atoms with Crippen LogP contribution in [0.25, 0.3) is 11.2 Å². The first-order valence-electron chi connectivity index (χ1n) is 12.1. The van der Waals surface area contributed by atoms with Crippen molar-refractivity contribution < 1.29 is 23.4 Å². The maximum Gasteiger partial charge on any atom is 0.416 e. The summed E-state index contributed by atoms with van der Waals surface area (Å²) in [5.41, 5.74) is 2.15. The molecule has 3 heterocycles. The molecule has 0 spiro atoms. The molecule has 0 radical (unpaired) electrons. The van der Waals surface area contributed by atoms with Gasteiger partial charge in [-0.05, 0) is 54.7 Å². The van der Waals surface area contributed by atoms with Gasteiger partial charge in [0, 0.05) is 13.1 Å². The summed E-state index contributed by atoms with van der Waals surface area (Å²) in [4.78, 5) is 16.0. The number of alkyl halides is 3. The summed E-state index contributed by atoms with van der Waals surface area (Å²) in [6, 6.07) is 12.0. The Morgan fingerprint density at radius 3 is 2.43 bits per heavy atom. The molecule has 1 unspecified atom stereocenters. The number of phenols is 1. The molecule has 0 saturated carbocycles. The lowest BCUT2D eigenvalue weighted by molar-refractivity contribution is -0.137. The quantitative estimate of drug-likeness (QED) is 0.325. The Morgan fingerprint density at radius 2 is 1.73 bits per heavy atom. The third-order valence-corrected chi connectivity index (χ3v) is 6.57. The molecule has 8 nitrogen and oxygen atoms in total. The molecule has 1 atom stereocenters. The smallest absolute Gasteiger partial charge is 0.416 e. The molecule has 5 rings (SSSR count). The first-order chi connectivity index (χ1) is 17.8. The molecule has 1 aliphatic heterocycles. The Hall–Kier alpha value is -3.86. The highest BCUT2D eigenvalue weighted by atomic mass is 19.4. The third kappa shape index (κ3) is 5.46. The average molecular weight is 513 g/mol. The summed E-state index contributed by atoms with van der Waals surface area (Å²) in [6.07, 6.45) is -0.328. The van der Waals surface area contributed by atoms with Gasteiger partial charge in [-0.15, -0.1) is 0 Å². The number of rotatable bonds is 8. The van der Waals surface area contributed by atoms with Gasteiger partial charge >= 0.3 is 6.18 Å². The predicted octanol–water partition coefficient (Wildman–Crippen LogP) is 4.21. The van der Waals surface area contributed by atoms with Gasteiger partial charge in [-0.25, -0.2) is 4.98 Å². The highest BCUT2D eigenvalue weighted by molar-refractivity contribution is 5.84. The second-order valence-corrected chi connectivity index (χ2v) is 9.13. The van der Waals surface area contributed by atoms with E-state index in [0.29, 0.717) is 48.0 Å². The second kappa shape index (κ2) is 10.3. The van der Waals surface area contributed by atoms with Crippen LogP contribution in [0.4, 0.5) is 24.9 Å². The molecule has 0 aliphatic carbocycles. The SMILES string of the molecule is OCC1CCCN1c1nc(NCCc2ccc(O)cc2)c2ncn(Cc3ccc(C(F)(F)F)cc3)c2n1. The summed E-state index contributed by atoms with van der Waals surface area (Å²) in [5.74, 6) is 1.24. The molecule has 0 bridgehead atoms. The number of anilines is 2. The Labute approximate surface area is 211 Å². The van der Waals surface area contributed by atoms with Crippen LogP contribution in [0, 0.1) is 0 Å². The zero-order chi connectivity index (χ0) is 26.0. The third-order valence-electron chi connectivity index (χ3n) is 6.57. The number of aromatic nitrogens is 4. The number of imidazole rings is 1. The summed E-state index contributed by atoms with van der Waals surface area (Å²) < 4.78 is 40.7. The molecule has 1 saturated heterocycles. The number of hydrogen-bond donors (Lipinski definition) is 3. The van der Waals surface area contributed by atoms with E-state index >= 15 is 0 Å². The lowest BCUT2D eigenvalue weighted by atomic mass is 10.1. The highest BCUT2D eigenvalue weighted by Gasteiger charge is 2.30. The molecule has 11 heteroatoms. The van der Waals surface area contributed by atoms with E-state index in [9.17, 15) is 23.4 Å². The fourth-order valence-corrected chi connectivity index (χ4v) is 4.57. The molecule has 0 amide bonds. The Morgan fingerprint density at radius 1 is 1.00 bits per heavy atom. The molecule has 3 N–H and O–H groups in total. The molecule has 1 fully saturated rings. The van der Waals surface area contributed by atoms with Crippen molar-refractivity contribution in [2.24, 2.45) is 0 Å². The van der Waals surface area contributed by atoms with Crippen molar-refractivity contribution in [3.05, 3.63) is 71.5 Å². The molecule has 1 aliphatic rings.